The summed E-state index contributed by atoms with van der Waals surface area (Å²) < 4.78 is 33.2. The van der Waals surface area contributed by atoms with Crippen molar-refractivity contribution < 1.29 is 22.7 Å². The van der Waals surface area contributed by atoms with Crippen LogP contribution < -0.4 is 0 Å². The van der Waals surface area contributed by atoms with Gasteiger partial charge in [-0.05, 0) is 12.1 Å². The van der Waals surface area contributed by atoms with Gasteiger partial charge < -0.3 is 9.47 Å². The largest absolute Gasteiger partial charge is 0.465 e. The third kappa shape index (κ3) is 4.85. The van der Waals surface area contributed by atoms with Crippen molar-refractivity contribution in [1.29, 1.82) is 0 Å². The number of carbonyl (C=O) groups is 1. The Morgan fingerprint density at radius 1 is 1.17 bits per heavy atom. The molecule has 0 atom stereocenters. The smallest absolute Gasteiger partial charge is 0.321 e. The molecule has 0 fully saturated rings. The number of benzene rings is 1. The van der Waals surface area contributed by atoms with Crippen molar-refractivity contribution in [3.8, 4) is 0 Å². The normalized spacial score (nSPS) is 11.2. The Labute approximate surface area is 107 Å². The fraction of sp³-hybridized carbons (Fsp3) is 0.417. The van der Waals surface area contributed by atoms with E-state index in [9.17, 15) is 13.2 Å². The second kappa shape index (κ2) is 7.13. The third-order valence-electron chi connectivity index (χ3n) is 2.17. The van der Waals surface area contributed by atoms with Gasteiger partial charge in [0.25, 0.3) is 0 Å². The van der Waals surface area contributed by atoms with Gasteiger partial charge in [-0.1, -0.05) is 18.2 Å². The Morgan fingerprint density at radius 3 is 2.44 bits per heavy atom. The number of hydrogen-bond acceptors (Lipinski definition) is 5. The Balaban J connectivity index is 2.49. The zero-order chi connectivity index (χ0) is 13.4. The number of sulfone groups is 1. The summed E-state index contributed by atoms with van der Waals surface area (Å²) in [6.07, 6.45) is 0.549. The van der Waals surface area contributed by atoms with Crippen LogP contribution in [0.2, 0.25) is 0 Å². The Kier molecular flexibility index (Phi) is 5.80. The second-order valence-electron chi connectivity index (χ2n) is 3.64. The number of esters is 1. The minimum absolute atomic E-state index is 0.124. The molecule has 5 nitrogen and oxygen atoms in total. The zero-order valence-corrected chi connectivity index (χ0v) is 11.0. The Morgan fingerprint density at radius 2 is 1.83 bits per heavy atom. The molecule has 0 amide bonds. The van der Waals surface area contributed by atoms with E-state index in [0.29, 0.717) is 13.0 Å². The SMILES string of the molecule is COCCCOC(=O)CS(=O)(=O)c1ccccc1. The maximum atomic E-state index is 11.8. The molecule has 6 heteroatoms. The standard InChI is InChI=1S/C12H16O5S/c1-16-8-5-9-17-12(13)10-18(14,15)11-6-3-2-4-7-11/h2-4,6-7H,5,8-10H2,1H3. The van der Waals surface area contributed by atoms with Gasteiger partial charge in [0.05, 0.1) is 11.5 Å². The van der Waals surface area contributed by atoms with Gasteiger partial charge in [0, 0.05) is 20.1 Å². The number of hydrogen-bond donors (Lipinski definition) is 0. The summed E-state index contributed by atoms with van der Waals surface area (Å²) in [4.78, 5) is 11.5. The van der Waals surface area contributed by atoms with Gasteiger partial charge in [-0.2, -0.15) is 0 Å². The molecular formula is C12H16O5S. The minimum atomic E-state index is -3.61. The molecule has 0 aliphatic carbocycles. The fourth-order valence-corrected chi connectivity index (χ4v) is 2.43. The molecule has 100 valence electrons. The van der Waals surface area contributed by atoms with Gasteiger partial charge >= 0.3 is 5.97 Å². The molecule has 1 aromatic rings. The molecule has 0 spiro atoms. The number of ether oxygens (including phenoxy) is 2. The van der Waals surface area contributed by atoms with E-state index in [1.807, 2.05) is 0 Å². The van der Waals surface area contributed by atoms with Crippen LogP contribution in [0.15, 0.2) is 35.2 Å². The van der Waals surface area contributed by atoms with Gasteiger partial charge in [0.1, 0.15) is 0 Å². The van der Waals surface area contributed by atoms with Crippen LogP contribution in [0.5, 0.6) is 0 Å². The second-order valence-corrected chi connectivity index (χ2v) is 5.63. The first-order chi connectivity index (χ1) is 8.56. The highest BCUT2D eigenvalue weighted by Gasteiger charge is 2.19. The average Bonchev–Trinajstić information content (AvgIpc) is 2.35. The lowest BCUT2D eigenvalue weighted by Gasteiger charge is -2.05. The van der Waals surface area contributed by atoms with Gasteiger partial charge in [-0.15, -0.1) is 0 Å². The molecule has 18 heavy (non-hydrogen) atoms. The van der Waals surface area contributed by atoms with Gasteiger partial charge in [-0.25, -0.2) is 8.42 Å². The van der Waals surface area contributed by atoms with E-state index in [0.717, 1.165) is 0 Å². The first-order valence-corrected chi connectivity index (χ1v) is 7.14. The monoisotopic (exact) mass is 272 g/mol. The zero-order valence-electron chi connectivity index (χ0n) is 10.2. The fourth-order valence-electron chi connectivity index (χ4n) is 1.30. The van der Waals surface area contributed by atoms with Crippen molar-refractivity contribution in [2.75, 3.05) is 26.1 Å². The number of rotatable bonds is 7. The van der Waals surface area contributed by atoms with E-state index in [-0.39, 0.29) is 11.5 Å². The Bertz CT molecular complexity index is 467. The van der Waals surface area contributed by atoms with Crippen LogP contribution in [-0.4, -0.2) is 40.5 Å². The molecule has 0 heterocycles. The topological polar surface area (TPSA) is 69.7 Å². The lowest BCUT2D eigenvalue weighted by atomic mass is 10.4. The van der Waals surface area contributed by atoms with Crippen molar-refractivity contribution in [3.05, 3.63) is 30.3 Å². The summed E-state index contributed by atoms with van der Waals surface area (Å²) in [7, 11) is -2.06. The molecule has 0 unspecified atom stereocenters. The van der Waals surface area contributed by atoms with E-state index in [4.69, 9.17) is 9.47 Å². The third-order valence-corrected chi connectivity index (χ3v) is 3.77. The number of methoxy groups -OCH3 is 1. The summed E-state index contributed by atoms with van der Waals surface area (Å²) in [6.45, 7) is 0.635. The van der Waals surface area contributed by atoms with E-state index < -0.39 is 21.6 Å². The van der Waals surface area contributed by atoms with Crippen molar-refractivity contribution in [1.82, 2.24) is 0 Å². The number of carbonyl (C=O) groups excluding carboxylic acids is 1. The summed E-state index contributed by atoms with van der Waals surface area (Å²) in [5.41, 5.74) is 0. The van der Waals surface area contributed by atoms with Gasteiger partial charge in [0.15, 0.2) is 15.6 Å². The molecule has 0 aliphatic rings. The average molecular weight is 272 g/mol. The van der Waals surface area contributed by atoms with Crippen molar-refractivity contribution >= 4 is 15.8 Å². The molecule has 1 rings (SSSR count). The van der Waals surface area contributed by atoms with Crippen LogP contribution in [0.3, 0.4) is 0 Å². The van der Waals surface area contributed by atoms with Crippen LogP contribution in [-0.2, 0) is 24.1 Å². The summed E-state index contributed by atoms with van der Waals surface area (Å²) >= 11 is 0. The highest BCUT2D eigenvalue weighted by atomic mass is 32.2. The minimum Gasteiger partial charge on any atom is -0.465 e. The van der Waals surface area contributed by atoms with E-state index >= 15 is 0 Å². The lowest BCUT2D eigenvalue weighted by molar-refractivity contribution is -0.140. The van der Waals surface area contributed by atoms with Crippen molar-refractivity contribution in [2.24, 2.45) is 0 Å². The predicted molar refractivity (Wildman–Crippen MR) is 65.9 cm³/mol. The first-order valence-electron chi connectivity index (χ1n) is 5.48. The first kappa shape index (κ1) is 14.7. The van der Waals surface area contributed by atoms with Gasteiger partial charge in [0.2, 0.25) is 0 Å². The van der Waals surface area contributed by atoms with Crippen LogP contribution in [0.1, 0.15) is 6.42 Å². The van der Waals surface area contributed by atoms with Crippen LogP contribution in [0.25, 0.3) is 0 Å². The Hall–Kier alpha value is -1.40. The van der Waals surface area contributed by atoms with E-state index in [1.54, 1.807) is 25.3 Å². The predicted octanol–water partition coefficient (Wildman–Crippen LogP) is 1.04. The van der Waals surface area contributed by atoms with Crippen LogP contribution >= 0.6 is 0 Å². The van der Waals surface area contributed by atoms with E-state index in [2.05, 4.69) is 0 Å². The lowest BCUT2D eigenvalue weighted by Crippen LogP contribution is -2.19. The molecule has 0 aromatic heterocycles. The van der Waals surface area contributed by atoms with Gasteiger partial charge in [-0.3, -0.25) is 4.79 Å². The summed E-state index contributed by atoms with van der Waals surface area (Å²) in [6, 6.07) is 7.83. The van der Waals surface area contributed by atoms with Crippen molar-refractivity contribution in [3.63, 3.8) is 0 Å². The molecular weight excluding hydrogens is 256 g/mol. The molecule has 0 aliphatic heterocycles. The molecule has 0 saturated carbocycles. The maximum Gasteiger partial charge on any atom is 0.321 e. The molecule has 0 bridgehead atoms. The quantitative estimate of drug-likeness (QED) is 0.548. The highest BCUT2D eigenvalue weighted by Crippen LogP contribution is 2.10. The van der Waals surface area contributed by atoms with E-state index in [1.165, 1.54) is 12.1 Å². The molecule has 0 radical (unpaired) electrons. The molecule has 0 saturated heterocycles. The maximum absolute atomic E-state index is 11.8. The molecule has 0 N–H and O–H groups in total. The summed E-state index contributed by atoms with van der Waals surface area (Å²) in [5, 5.41) is 0. The van der Waals surface area contributed by atoms with Crippen molar-refractivity contribution in [2.45, 2.75) is 11.3 Å². The van der Waals surface area contributed by atoms with Crippen LogP contribution in [0.4, 0.5) is 0 Å². The molecule has 1 aromatic carbocycles. The van der Waals surface area contributed by atoms with Crippen LogP contribution in [0, 0.1) is 0 Å². The summed E-state index contributed by atoms with van der Waals surface area (Å²) in [5.74, 6) is -1.38. The highest BCUT2D eigenvalue weighted by molar-refractivity contribution is 7.92.